The third-order valence-electron chi connectivity index (χ3n) is 13.7. The Kier molecular flexibility index (Phi) is 5.60. The molecule has 5 rings (SSSR count). The lowest BCUT2D eigenvalue weighted by Crippen LogP contribution is -2.57. The number of hydrogen-bond donors (Lipinski definition) is 2. The van der Waals surface area contributed by atoms with Crippen molar-refractivity contribution in [3.8, 4) is 0 Å². The van der Waals surface area contributed by atoms with Crippen LogP contribution in [0.25, 0.3) is 0 Å². The third kappa shape index (κ3) is 2.98. The first-order valence-electron chi connectivity index (χ1n) is 14.4. The molecule has 0 heterocycles. The monoisotopic (exact) mass is 456 g/mol. The minimum atomic E-state index is -0.105. The zero-order valence-corrected chi connectivity index (χ0v) is 22.6. The normalized spacial score (nSPS) is 51.5. The smallest absolute Gasteiger partial charge is 0.0594 e. The van der Waals surface area contributed by atoms with Crippen molar-refractivity contribution in [3.63, 3.8) is 0 Å². The molecule has 188 valence electrons. The highest BCUT2D eigenvalue weighted by atomic mass is 16.3. The highest BCUT2D eigenvalue weighted by Crippen LogP contribution is 2.89. The van der Waals surface area contributed by atoms with Crippen LogP contribution in [0.4, 0.5) is 0 Å². The largest absolute Gasteiger partial charge is 0.396 e. The van der Waals surface area contributed by atoms with Gasteiger partial charge in [-0.25, -0.2) is 0 Å². The number of fused-ring (bicyclic) bond motifs is 2. The first kappa shape index (κ1) is 24.4. The molecule has 2 nitrogen and oxygen atoms in total. The average Bonchev–Trinajstić information content (AvgIpc) is 3.36. The number of aliphatic hydroxyl groups excluding tert-OH is 2. The summed E-state index contributed by atoms with van der Waals surface area (Å²) in [5, 5.41) is 20.4. The SMILES string of the molecule is C=C(CCC(C)[C@H]1CCC2(C)C3CCC4C(C)(C)[C@@H](O)CC[C@@]45C[C@@]35CC[C@]12C)C(C)CO. The van der Waals surface area contributed by atoms with E-state index in [1.54, 1.807) is 0 Å². The highest BCUT2D eigenvalue weighted by Gasteiger charge is 2.82. The van der Waals surface area contributed by atoms with Gasteiger partial charge in [0.1, 0.15) is 0 Å². The fraction of sp³-hybridized carbons (Fsp3) is 0.935. The lowest BCUT2D eigenvalue weighted by Gasteiger charge is -2.63. The first-order valence-corrected chi connectivity index (χ1v) is 14.4. The molecular weight excluding hydrogens is 404 g/mol. The third-order valence-corrected chi connectivity index (χ3v) is 13.7. The predicted octanol–water partition coefficient (Wildman–Crippen LogP) is 7.39. The second-order valence-corrected chi connectivity index (χ2v) is 14.8. The number of aliphatic hydroxyl groups is 2. The predicted molar refractivity (Wildman–Crippen MR) is 137 cm³/mol. The van der Waals surface area contributed by atoms with Crippen molar-refractivity contribution in [2.75, 3.05) is 6.61 Å². The summed E-state index contributed by atoms with van der Waals surface area (Å²) in [6, 6.07) is 0. The van der Waals surface area contributed by atoms with Gasteiger partial charge in [0.2, 0.25) is 0 Å². The molecule has 5 aliphatic carbocycles. The maximum atomic E-state index is 10.9. The van der Waals surface area contributed by atoms with Crippen molar-refractivity contribution < 1.29 is 10.2 Å². The molecule has 5 unspecified atom stereocenters. The van der Waals surface area contributed by atoms with Crippen LogP contribution in [0.5, 0.6) is 0 Å². The van der Waals surface area contributed by atoms with Gasteiger partial charge in [-0.05, 0) is 127 Å². The van der Waals surface area contributed by atoms with Gasteiger partial charge in [0.15, 0.2) is 0 Å². The van der Waals surface area contributed by atoms with Crippen molar-refractivity contribution in [3.05, 3.63) is 12.2 Å². The number of rotatable bonds is 6. The van der Waals surface area contributed by atoms with Crippen LogP contribution in [-0.2, 0) is 0 Å². The fourth-order valence-electron chi connectivity index (χ4n) is 11.3. The Morgan fingerprint density at radius 2 is 1.55 bits per heavy atom. The van der Waals surface area contributed by atoms with Crippen LogP contribution in [0.15, 0.2) is 12.2 Å². The summed E-state index contributed by atoms with van der Waals surface area (Å²) in [6.07, 6.45) is 14.4. The zero-order valence-electron chi connectivity index (χ0n) is 22.6. The van der Waals surface area contributed by atoms with Crippen LogP contribution < -0.4 is 0 Å². The van der Waals surface area contributed by atoms with Crippen molar-refractivity contribution in [2.24, 2.45) is 56.7 Å². The van der Waals surface area contributed by atoms with E-state index in [-0.39, 0.29) is 24.0 Å². The Hall–Kier alpha value is -0.340. The van der Waals surface area contributed by atoms with E-state index in [2.05, 4.69) is 48.1 Å². The van der Waals surface area contributed by atoms with Crippen LogP contribution in [-0.4, -0.2) is 22.9 Å². The van der Waals surface area contributed by atoms with Crippen molar-refractivity contribution >= 4 is 0 Å². The second kappa shape index (κ2) is 7.58. The molecule has 2 spiro atoms. The average molecular weight is 457 g/mol. The number of hydrogen-bond acceptors (Lipinski definition) is 2. The standard InChI is InChI=1S/C31H52O2/c1-20(22(3)18-32)8-9-21(2)23-12-14-29(7)25-11-10-24-27(4,5)26(33)13-15-30(24)19-31(25,30)17-16-28(23,29)6/h21-26,32-33H,1,8-19H2,2-7H3/t21?,22?,23-,24?,25?,26+,28-,29?,30-,31+/m1/s1. The molecule has 0 amide bonds. The minimum absolute atomic E-state index is 0.0925. The van der Waals surface area contributed by atoms with E-state index in [9.17, 15) is 10.2 Å². The van der Waals surface area contributed by atoms with E-state index in [1.807, 2.05) is 0 Å². The van der Waals surface area contributed by atoms with Crippen molar-refractivity contribution in [1.29, 1.82) is 0 Å². The lowest BCUT2D eigenvalue weighted by atomic mass is 9.41. The Morgan fingerprint density at radius 3 is 2.24 bits per heavy atom. The molecule has 2 heteroatoms. The molecule has 5 saturated carbocycles. The molecule has 0 bridgehead atoms. The summed E-state index contributed by atoms with van der Waals surface area (Å²) in [5.41, 5.74) is 3.41. The van der Waals surface area contributed by atoms with E-state index >= 15 is 0 Å². The van der Waals surface area contributed by atoms with Crippen LogP contribution >= 0.6 is 0 Å². The Morgan fingerprint density at radius 1 is 0.879 bits per heavy atom. The molecule has 10 atom stereocenters. The Balaban J connectivity index is 1.36. The summed E-state index contributed by atoms with van der Waals surface area (Å²) >= 11 is 0. The van der Waals surface area contributed by atoms with Crippen molar-refractivity contribution in [2.45, 2.75) is 118 Å². The van der Waals surface area contributed by atoms with Gasteiger partial charge < -0.3 is 10.2 Å². The second-order valence-electron chi connectivity index (χ2n) is 14.8. The van der Waals surface area contributed by atoms with Gasteiger partial charge in [0, 0.05) is 6.61 Å². The molecule has 2 N–H and O–H groups in total. The quantitative estimate of drug-likeness (QED) is 0.409. The molecule has 5 aliphatic rings. The molecule has 33 heavy (non-hydrogen) atoms. The summed E-state index contributed by atoms with van der Waals surface area (Å²) in [5.74, 6) is 3.42. The van der Waals surface area contributed by atoms with Gasteiger partial charge >= 0.3 is 0 Å². The van der Waals surface area contributed by atoms with Crippen LogP contribution in [0, 0.1) is 56.7 Å². The molecule has 0 saturated heterocycles. The summed E-state index contributed by atoms with van der Waals surface area (Å²) in [7, 11) is 0. The minimum Gasteiger partial charge on any atom is -0.396 e. The van der Waals surface area contributed by atoms with Crippen LogP contribution in [0.2, 0.25) is 0 Å². The van der Waals surface area contributed by atoms with Crippen molar-refractivity contribution in [1.82, 2.24) is 0 Å². The maximum Gasteiger partial charge on any atom is 0.0594 e. The van der Waals surface area contributed by atoms with Crippen LogP contribution in [0.3, 0.4) is 0 Å². The van der Waals surface area contributed by atoms with Crippen LogP contribution in [0.1, 0.15) is 112 Å². The van der Waals surface area contributed by atoms with E-state index in [1.165, 1.54) is 63.4 Å². The molecule has 5 fully saturated rings. The first-order chi connectivity index (χ1) is 15.4. The van der Waals surface area contributed by atoms with Gasteiger partial charge in [0.25, 0.3) is 0 Å². The lowest BCUT2D eigenvalue weighted by molar-refractivity contribution is -0.161. The molecule has 0 aliphatic heterocycles. The molecule has 0 aromatic heterocycles. The van der Waals surface area contributed by atoms with Gasteiger partial charge in [0.05, 0.1) is 6.10 Å². The Labute approximate surface area is 204 Å². The van der Waals surface area contributed by atoms with Gasteiger partial charge in [-0.2, -0.15) is 0 Å². The fourth-order valence-corrected chi connectivity index (χ4v) is 11.3. The molecular formula is C31H52O2. The van der Waals surface area contributed by atoms with E-state index < -0.39 is 0 Å². The Bertz CT molecular complexity index is 801. The van der Waals surface area contributed by atoms with Gasteiger partial charge in [-0.1, -0.05) is 53.7 Å². The van der Waals surface area contributed by atoms with E-state index in [0.717, 1.165) is 36.5 Å². The van der Waals surface area contributed by atoms with E-state index in [0.29, 0.717) is 21.7 Å². The topological polar surface area (TPSA) is 40.5 Å². The highest BCUT2D eigenvalue weighted by molar-refractivity contribution is 5.30. The molecule has 0 radical (unpaired) electrons. The van der Waals surface area contributed by atoms with Gasteiger partial charge in [-0.15, -0.1) is 0 Å². The summed E-state index contributed by atoms with van der Waals surface area (Å²) < 4.78 is 0. The molecule has 0 aromatic carbocycles. The van der Waals surface area contributed by atoms with E-state index in [4.69, 9.17) is 0 Å². The zero-order chi connectivity index (χ0) is 24.0. The summed E-state index contributed by atoms with van der Waals surface area (Å²) in [4.78, 5) is 0. The van der Waals surface area contributed by atoms with Gasteiger partial charge in [-0.3, -0.25) is 0 Å². The maximum absolute atomic E-state index is 10.9. The molecule has 0 aromatic rings. The summed E-state index contributed by atoms with van der Waals surface area (Å²) in [6.45, 7) is 19.3.